The molecule has 2 heterocycles. The van der Waals surface area contributed by atoms with E-state index >= 15 is 0 Å². The van der Waals surface area contributed by atoms with Crippen molar-refractivity contribution in [3.63, 3.8) is 0 Å². The van der Waals surface area contributed by atoms with Gasteiger partial charge in [0.05, 0.1) is 24.4 Å². The number of aromatic nitrogens is 1. The van der Waals surface area contributed by atoms with Gasteiger partial charge in [-0.25, -0.2) is 14.6 Å². The van der Waals surface area contributed by atoms with Crippen LogP contribution in [0.15, 0.2) is 24.3 Å². The first kappa shape index (κ1) is 21.3. The molecular weight excluding hydrogens is 388 g/mol. The lowest BCUT2D eigenvalue weighted by atomic mass is 10.0. The molecule has 2 aromatic rings. The molecule has 0 saturated carbocycles. The zero-order valence-electron chi connectivity index (χ0n) is 17.7. The van der Waals surface area contributed by atoms with Crippen LogP contribution in [0.4, 0.5) is 4.79 Å². The summed E-state index contributed by atoms with van der Waals surface area (Å²) in [6.45, 7) is 8.32. The molecule has 0 spiro atoms. The third kappa shape index (κ3) is 4.96. The van der Waals surface area contributed by atoms with E-state index in [0.717, 1.165) is 40.4 Å². The number of thiazole rings is 1. The summed E-state index contributed by atoms with van der Waals surface area (Å²) in [7, 11) is 1.37. The van der Waals surface area contributed by atoms with Crippen LogP contribution in [-0.2, 0) is 9.47 Å². The van der Waals surface area contributed by atoms with Crippen LogP contribution < -0.4 is 0 Å². The Bertz CT molecular complexity index is 900. The number of amides is 1. The molecule has 7 heteroatoms. The van der Waals surface area contributed by atoms with Crippen molar-refractivity contribution in [1.82, 2.24) is 9.88 Å². The van der Waals surface area contributed by atoms with Gasteiger partial charge < -0.3 is 9.47 Å². The van der Waals surface area contributed by atoms with Gasteiger partial charge in [-0.1, -0.05) is 12.1 Å². The average Bonchev–Trinajstić information content (AvgIpc) is 3.07. The minimum atomic E-state index is -0.530. The van der Waals surface area contributed by atoms with Gasteiger partial charge in [-0.05, 0) is 59.1 Å². The average molecular weight is 417 g/mol. The van der Waals surface area contributed by atoms with Gasteiger partial charge in [-0.15, -0.1) is 11.3 Å². The lowest BCUT2D eigenvalue weighted by Gasteiger charge is -2.35. The molecule has 1 amide bonds. The van der Waals surface area contributed by atoms with Gasteiger partial charge in [0.25, 0.3) is 0 Å². The van der Waals surface area contributed by atoms with E-state index in [1.165, 1.54) is 7.11 Å². The van der Waals surface area contributed by atoms with E-state index in [-0.39, 0.29) is 18.1 Å². The Labute approximate surface area is 175 Å². The predicted molar refractivity (Wildman–Crippen MR) is 113 cm³/mol. The molecule has 156 valence electrons. The molecule has 0 bridgehead atoms. The highest BCUT2D eigenvalue weighted by Gasteiger charge is 2.33. The van der Waals surface area contributed by atoms with E-state index in [1.54, 1.807) is 23.5 Å². The third-order valence-electron chi connectivity index (χ3n) is 4.79. The number of nitrogens with zero attached hydrogens (tertiary/aromatic N) is 2. The molecule has 0 unspecified atom stereocenters. The summed E-state index contributed by atoms with van der Waals surface area (Å²) in [4.78, 5) is 32.3. The van der Waals surface area contributed by atoms with Crippen molar-refractivity contribution in [3.8, 4) is 11.3 Å². The maximum absolute atomic E-state index is 12.7. The molecule has 29 heavy (non-hydrogen) atoms. The van der Waals surface area contributed by atoms with E-state index in [0.29, 0.717) is 12.1 Å². The molecule has 0 aliphatic carbocycles. The smallest absolute Gasteiger partial charge is 0.410 e. The molecule has 1 saturated heterocycles. The summed E-state index contributed by atoms with van der Waals surface area (Å²) in [5.74, 6) is -0.372. The second-order valence-electron chi connectivity index (χ2n) is 8.21. The van der Waals surface area contributed by atoms with Crippen molar-refractivity contribution in [2.75, 3.05) is 13.7 Å². The fourth-order valence-electron chi connectivity index (χ4n) is 3.47. The molecule has 1 atom stereocenters. The zero-order valence-corrected chi connectivity index (χ0v) is 18.5. The second kappa shape index (κ2) is 8.53. The number of likely N-dealkylation sites (tertiary alicyclic amines) is 1. The van der Waals surface area contributed by atoms with E-state index in [1.807, 2.05) is 44.7 Å². The van der Waals surface area contributed by atoms with Gasteiger partial charge in [0.2, 0.25) is 0 Å². The number of benzene rings is 1. The topological polar surface area (TPSA) is 68.7 Å². The van der Waals surface area contributed by atoms with E-state index in [4.69, 9.17) is 14.5 Å². The number of esters is 1. The van der Waals surface area contributed by atoms with Crippen LogP contribution in [0.5, 0.6) is 0 Å². The van der Waals surface area contributed by atoms with Gasteiger partial charge in [0, 0.05) is 17.0 Å². The highest BCUT2D eigenvalue weighted by molar-refractivity contribution is 7.12. The molecule has 6 nitrogen and oxygen atoms in total. The van der Waals surface area contributed by atoms with E-state index in [9.17, 15) is 9.59 Å². The molecule has 1 aliphatic heterocycles. The van der Waals surface area contributed by atoms with Crippen molar-refractivity contribution in [2.24, 2.45) is 0 Å². The van der Waals surface area contributed by atoms with Crippen molar-refractivity contribution < 1.29 is 19.1 Å². The normalized spacial score (nSPS) is 17.1. The number of piperidine rings is 1. The Morgan fingerprint density at radius 1 is 1.24 bits per heavy atom. The number of carbonyl (C=O) groups is 2. The fraction of sp³-hybridized carbons (Fsp3) is 0.500. The Morgan fingerprint density at radius 2 is 2.00 bits per heavy atom. The van der Waals surface area contributed by atoms with Crippen molar-refractivity contribution in [3.05, 3.63) is 39.7 Å². The van der Waals surface area contributed by atoms with Gasteiger partial charge >= 0.3 is 12.1 Å². The first-order chi connectivity index (χ1) is 13.7. The molecule has 1 aromatic carbocycles. The highest BCUT2D eigenvalue weighted by atomic mass is 32.1. The summed E-state index contributed by atoms with van der Waals surface area (Å²) in [5, 5.41) is 0.909. The number of ether oxygens (including phenoxy) is 2. The number of hydrogen-bond donors (Lipinski definition) is 0. The quantitative estimate of drug-likeness (QED) is 0.630. The maximum Gasteiger partial charge on any atom is 0.410 e. The second-order valence-corrected chi connectivity index (χ2v) is 9.45. The molecule has 1 aromatic heterocycles. The minimum Gasteiger partial charge on any atom is -0.465 e. The molecule has 1 fully saturated rings. The molecule has 1 aliphatic rings. The number of rotatable bonds is 3. The Hall–Kier alpha value is -2.41. The maximum atomic E-state index is 12.7. The Kier molecular flexibility index (Phi) is 6.27. The summed E-state index contributed by atoms with van der Waals surface area (Å²) in [6.07, 6.45) is 2.60. The molecular formula is C22H28N2O4S. The zero-order chi connectivity index (χ0) is 21.2. The van der Waals surface area contributed by atoms with Gasteiger partial charge in [-0.2, -0.15) is 0 Å². The van der Waals surface area contributed by atoms with Crippen LogP contribution in [0.25, 0.3) is 11.3 Å². The van der Waals surface area contributed by atoms with Gasteiger partial charge in [0.15, 0.2) is 0 Å². The first-order valence-electron chi connectivity index (χ1n) is 9.85. The summed E-state index contributed by atoms with van der Waals surface area (Å²) in [5.41, 5.74) is 1.67. The standard InChI is InChI=1S/C22H28N2O4S/c1-14-18(15-9-8-10-16(13-15)20(25)27-5)23-19(29-14)17-11-6-7-12-24(17)21(26)28-22(2,3)4/h8-10,13,17H,6-7,11-12H2,1-5H3/t17-/m1/s1. The van der Waals surface area contributed by atoms with Crippen molar-refractivity contribution in [1.29, 1.82) is 0 Å². The van der Waals surface area contributed by atoms with Crippen LogP contribution in [-0.4, -0.2) is 41.2 Å². The largest absolute Gasteiger partial charge is 0.465 e. The Balaban J connectivity index is 1.90. The van der Waals surface area contributed by atoms with Crippen molar-refractivity contribution in [2.45, 2.75) is 58.6 Å². The SMILES string of the molecule is COC(=O)c1cccc(-c2nc([C@H]3CCCCN3C(=O)OC(C)(C)C)sc2C)c1. The number of aryl methyl sites for hydroxylation is 1. The van der Waals surface area contributed by atoms with Gasteiger partial charge in [-0.3, -0.25) is 4.90 Å². The summed E-state index contributed by atoms with van der Waals surface area (Å²) in [6, 6.07) is 7.20. The van der Waals surface area contributed by atoms with Crippen LogP contribution >= 0.6 is 11.3 Å². The molecule has 0 N–H and O–H groups in total. The lowest BCUT2D eigenvalue weighted by molar-refractivity contribution is 0.00948. The summed E-state index contributed by atoms with van der Waals surface area (Å²) < 4.78 is 10.4. The number of methoxy groups -OCH3 is 1. The number of hydrogen-bond acceptors (Lipinski definition) is 6. The third-order valence-corrected chi connectivity index (χ3v) is 5.86. The van der Waals surface area contributed by atoms with Crippen LogP contribution in [0.3, 0.4) is 0 Å². The van der Waals surface area contributed by atoms with E-state index < -0.39 is 5.60 Å². The van der Waals surface area contributed by atoms with Gasteiger partial charge in [0.1, 0.15) is 10.6 Å². The predicted octanol–water partition coefficient (Wildman–Crippen LogP) is 5.37. The van der Waals surface area contributed by atoms with Crippen LogP contribution in [0.1, 0.15) is 66.3 Å². The Morgan fingerprint density at radius 3 is 2.69 bits per heavy atom. The lowest BCUT2D eigenvalue weighted by Crippen LogP contribution is -2.41. The summed E-state index contributed by atoms with van der Waals surface area (Å²) >= 11 is 1.60. The minimum absolute atomic E-state index is 0.0835. The molecule has 0 radical (unpaired) electrons. The van der Waals surface area contributed by atoms with Crippen LogP contribution in [0.2, 0.25) is 0 Å². The molecule has 3 rings (SSSR count). The van der Waals surface area contributed by atoms with Crippen LogP contribution in [0, 0.1) is 6.92 Å². The van der Waals surface area contributed by atoms with E-state index in [2.05, 4.69) is 0 Å². The highest BCUT2D eigenvalue weighted by Crippen LogP contribution is 2.38. The van der Waals surface area contributed by atoms with Crippen molar-refractivity contribution >= 4 is 23.4 Å². The monoisotopic (exact) mass is 416 g/mol. The fourth-order valence-corrected chi connectivity index (χ4v) is 4.56. The number of carbonyl (C=O) groups excluding carboxylic acids is 2. The first-order valence-corrected chi connectivity index (χ1v) is 10.7.